The fourth-order valence-electron chi connectivity index (χ4n) is 2.55. The molecule has 0 bridgehead atoms. The minimum absolute atomic E-state index is 0.0150. The first kappa shape index (κ1) is 15.8. The molecule has 2 aromatic heterocycles. The molecular weight excluding hydrogens is 318 g/mol. The highest BCUT2D eigenvalue weighted by molar-refractivity contribution is 7.09. The van der Waals surface area contributed by atoms with Gasteiger partial charge in [-0.2, -0.15) is 0 Å². The lowest BCUT2D eigenvalue weighted by molar-refractivity contribution is 0.211. The van der Waals surface area contributed by atoms with E-state index in [2.05, 4.69) is 4.98 Å². The summed E-state index contributed by atoms with van der Waals surface area (Å²) in [4.78, 5) is 5.33. The number of hydrogen-bond donors (Lipinski definition) is 1. The second-order valence-electron chi connectivity index (χ2n) is 5.36. The Morgan fingerprint density at radius 2 is 2.13 bits per heavy atom. The van der Waals surface area contributed by atoms with Gasteiger partial charge in [0.1, 0.15) is 17.5 Å². The number of nitrogens with zero attached hydrogens (tertiary/aromatic N) is 2. The number of aromatic nitrogens is 2. The predicted molar refractivity (Wildman–Crippen MR) is 86.2 cm³/mol. The molecule has 0 unspecified atom stereocenters. The average Bonchev–Trinajstić information content (AvgIpc) is 3.21. The molecule has 1 aromatic carbocycles. The van der Waals surface area contributed by atoms with Crippen LogP contribution in [0.4, 0.5) is 8.78 Å². The van der Waals surface area contributed by atoms with Gasteiger partial charge in [-0.15, -0.1) is 11.3 Å². The van der Waals surface area contributed by atoms with E-state index in [-0.39, 0.29) is 18.1 Å². The molecule has 0 saturated heterocycles. The molecule has 6 heteroatoms. The lowest BCUT2D eigenvalue weighted by atomic mass is 10.1. The molecule has 0 spiro atoms. The summed E-state index contributed by atoms with van der Waals surface area (Å²) in [7, 11) is 0. The maximum absolute atomic E-state index is 14.0. The van der Waals surface area contributed by atoms with Crippen molar-refractivity contribution in [1.29, 1.82) is 0 Å². The fourth-order valence-corrected chi connectivity index (χ4v) is 3.37. The van der Waals surface area contributed by atoms with Gasteiger partial charge in [0.15, 0.2) is 0 Å². The first-order chi connectivity index (χ1) is 11.2. The van der Waals surface area contributed by atoms with Crippen molar-refractivity contribution in [3.8, 4) is 11.4 Å². The molecule has 23 heavy (non-hydrogen) atoms. The summed E-state index contributed by atoms with van der Waals surface area (Å²) in [5.74, 6) is -0.671. The van der Waals surface area contributed by atoms with Crippen LogP contribution in [0.1, 0.15) is 4.88 Å². The maximum Gasteiger partial charge on any atom is 0.142 e. The SMILES string of the molecule is OC[C@@H](Cc1cccs1)Cn1ccnc1-c1cc(F)ccc1F. The molecule has 0 aliphatic carbocycles. The summed E-state index contributed by atoms with van der Waals surface area (Å²) in [5.41, 5.74) is 0.128. The van der Waals surface area contributed by atoms with Gasteiger partial charge in [0.2, 0.25) is 0 Å². The number of thiophene rings is 1. The molecule has 3 nitrogen and oxygen atoms in total. The monoisotopic (exact) mass is 334 g/mol. The van der Waals surface area contributed by atoms with Crippen LogP contribution in [0.25, 0.3) is 11.4 Å². The molecule has 3 rings (SSSR count). The van der Waals surface area contributed by atoms with E-state index in [0.717, 1.165) is 24.6 Å². The van der Waals surface area contributed by atoms with Gasteiger partial charge in [-0.3, -0.25) is 0 Å². The summed E-state index contributed by atoms with van der Waals surface area (Å²) < 4.78 is 29.1. The zero-order valence-corrected chi connectivity index (χ0v) is 13.1. The van der Waals surface area contributed by atoms with Crippen molar-refractivity contribution in [2.24, 2.45) is 5.92 Å². The number of rotatable bonds is 6. The van der Waals surface area contributed by atoms with Crippen molar-refractivity contribution < 1.29 is 13.9 Å². The van der Waals surface area contributed by atoms with E-state index in [4.69, 9.17) is 0 Å². The second kappa shape index (κ2) is 7.02. The van der Waals surface area contributed by atoms with Crippen molar-refractivity contribution in [2.75, 3.05) is 6.61 Å². The molecule has 0 fully saturated rings. The molecule has 1 atom stereocenters. The number of halogens is 2. The minimum Gasteiger partial charge on any atom is -0.396 e. The molecule has 0 aliphatic heterocycles. The second-order valence-corrected chi connectivity index (χ2v) is 6.39. The zero-order valence-electron chi connectivity index (χ0n) is 12.3. The van der Waals surface area contributed by atoms with E-state index in [1.165, 1.54) is 4.88 Å². The molecule has 1 N–H and O–H groups in total. The fraction of sp³-hybridized carbons (Fsp3) is 0.235. The van der Waals surface area contributed by atoms with Crippen molar-refractivity contribution >= 4 is 11.3 Å². The van der Waals surface area contributed by atoms with Crippen LogP contribution >= 0.6 is 11.3 Å². The van der Waals surface area contributed by atoms with Crippen molar-refractivity contribution in [2.45, 2.75) is 13.0 Å². The van der Waals surface area contributed by atoms with Crippen LogP contribution in [0.5, 0.6) is 0 Å². The standard InChI is InChI=1S/C17H16F2N2OS/c18-13-3-4-16(19)15(9-13)17-20-5-6-21(17)10-12(11-22)8-14-2-1-7-23-14/h1-7,9,12,22H,8,10-11H2/t12-/m0/s1. The first-order valence-electron chi connectivity index (χ1n) is 7.27. The Labute approximate surface area is 136 Å². The van der Waals surface area contributed by atoms with Crippen LogP contribution in [0.3, 0.4) is 0 Å². The summed E-state index contributed by atoms with van der Waals surface area (Å²) in [6.07, 6.45) is 4.01. The van der Waals surface area contributed by atoms with Crippen LogP contribution in [-0.4, -0.2) is 21.3 Å². The normalized spacial score (nSPS) is 12.5. The van der Waals surface area contributed by atoms with E-state index in [1.807, 2.05) is 17.5 Å². The van der Waals surface area contributed by atoms with Gasteiger partial charge in [0, 0.05) is 36.3 Å². The van der Waals surface area contributed by atoms with Crippen LogP contribution < -0.4 is 0 Å². The van der Waals surface area contributed by atoms with Gasteiger partial charge in [-0.25, -0.2) is 13.8 Å². The summed E-state index contributed by atoms with van der Waals surface area (Å²) >= 11 is 1.64. The Morgan fingerprint density at radius 1 is 1.26 bits per heavy atom. The summed E-state index contributed by atoms with van der Waals surface area (Å²) in [5, 5.41) is 11.6. The Bertz CT molecular complexity index is 771. The van der Waals surface area contributed by atoms with Gasteiger partial charge in [0.05, 0.1) is 5.56 Å². The van der Waals surface area contributed by atoms with Crippen LogP contribution in [-0.2, 0) is 13.0 Å². The molecule has 3 aromatic rings. The smallest absolute Gasteiger partial charge is 0.142 e. The summed E-state index contributed by atoms with van der Waals surface area (Å²) in [6, 6.07) is 7.31. The van der Waals surface area contributed by atoms with Crippen molar-refractivity contribution in [3.63, 3.8) is 0 Å². The predicted octanol–water partition coefficient (Wildman–Crippen LogP) is 3.74. The van der Waals surface area contributed by atoms with Gasteiger partial charge in [-0.05, 0) is 36.1 Å². The van der Waals surface area contributed by atoms with Gasteiger partial charge in [-0.1, -0.05) is 6.07 Å². The van der Waals surface area contributed by atoms with E-state index >= 15 is 0 Å². The van der Waals surface area contributed by atoms with E-state index in [9.17, 15) is 13.9 Å². The summed E-state index contributed by atoms with van der Waals surface area (Å²) in [6.45, 7) is 0.501. The molecule has 0 saturated carbocycles. The number of imidazole rings is 1. The van der Waals surface area contributed by atoms with Crippen LogP contribution in [0.2, 0.25) is 0 Å². The van der Waals surface area contributed by atoms with Crippen molar-refractivity contribution in [1.82, 2.24) is 9.55 Å². The maximum atomic E-state index is 14.0. The van der Waals surface area contributed by atoms with E-state index in [1.54, 1.807) is 28.3 Å². The van der Waals surface area contributed by atoms with E-state index in [0.29, 0.717) is 12.4 Å². The third-order valence-corrected chi connectivity index (χ3v) is 4.57. The number of aliphatic hydroxyl groups excluding tert-OH is 1. The quantitative estimate of drug-likeness (QED) is 0.746. The average molecular weight is 334 g/mol. The van der Waals surface area contributed by atoms with Crippen LogP contribution in [0.15, 0.2) is 48.1 Å². The Hall–Kier alpha value is -2.05. The molecule has 0 amide bonds. The minimum atomic E-state index is -0.516. The molecule has 0 aliphatic rings. The lowest BCUT2D eigenvalue weighted by Gasteiger charge is -2.16. The Morgan fingerprint density at radius 3 is 2.87 bits per heavy atom. The van der Waals surface area contributed by atoms with Gasteiger partial charge >= 0.3 is 0 Å². The van der Waals surface area contributed by atoms with Gasteiger partial charge in [0.25, 0.3) is 0 Å². The zero-order chi connectivity index (χ0) is 16.2. The molecule has 120 valence electrons. The highest BCUT2D eigenvalue weighted by Crippen LogP contribution is 2.24. The van der Waals surface area contributed by atoms with Crippen molar-refractivity contribution in [3.05, 3.63) is 64.6 Å². The van der Waals surface area contributed by atoms with E-state index < -0.39 is 11.6 Å². The first-order valence-corrected chi connectivity index (χ1v) is 8.15. The third kappa shape index (κ3) is 3.65. The lowest BCUT2D eigenvalue weighted by Crippen LogP contribution is -2.17. The largest absolute Gasteiger partial charge is 0.396 e. The van der Waals surface area contributed by atoms with Gasteiger partial charge < -0.3 is 9.67 Å². The molecule has 0 radical (unpaired) electrons. The number of hydrogen-bond acceptors (Lipinski definition) is 3. The number of aliphatic hydroxyl groups is 1. The molecular formula is C17H16F2N2OS. The molecule has 2 heterocycles. The topological polar surface area (TPSA) is 38.0 Å². The Balaban J connectivity index is 1.84. The highest BCUT2D eigenvalue weighted by atomic mass is 32.1. The number of benzene rings is 1. The highest BCUT2D eigenvalue weighted by Gasteiger charge is 2.16. The Kier molecular flexibility index (Phi) is 4.83. The third-order valence-electron chi connectivity index (χ3n) is 3.67. The van der Waals surface area contributed by atoms with Crippen LogP contribution in [0, 0.1) is 17.6 Å².